The maximum Gasteiger partial charge on any atom is 0.255 e. The number of carbonyl (C=O) groups excluding carboxylic acids is 3. The van der Waals surface area contributed by atoms with Gasteiger partial charge < -0.3 is 31.5 Å². The Morgan fingerprint density at radius 3 is 2.50 bits per heavy atom. The van der Waals surface area contributed by atoms with Crippen molar-refractivity contribution in [1.29, 1.82) is 0 Å². The number of Topliss-reactive ketones (excluding diaryl/α,β-unsaturated/α-hetero) is 2. The molecular formula is C26H31N3O7. The van der Waals surface area contributed by atoms with Gasteiger partial charge in [-0.1, -0.05) is 6.07 Å². The number of hydrogen-bond donors (Lipinski definition) is 6. The molecule has 4 aliphatic carbocycles. The molecule has 10 heteroatoms. The van der Waals surface area contributed by atoms with Gasteiger partial charge in [0.2, 0.25) is 5.78 Å². The summed E-state index contributed by atoms with van der Waals surface area (Å²) in [6.07, 6.45) is 2.81. The lowest BCUT2D eigenvalue weighted by molar-refractivity contribution is -0.153. The Morgan fingerprint density at radius 1 is 1.19 bits per heavy atom. The van der Waals surface area contributed by atoms with Crippen molar-refractivity contribution in [1.82, 2.24) is 10.2 Å². The van der Waals surface area contributed by atoms with E-state index in [9.17, 15) is 34.8 Å². The van der Waals surface area contributed by atoms with Gasteiger partial charge in [-0.05, 0) is 75.4 Å². The molecule has 0 spiro atoms. The Hall–Kier alpha value is -3.21. The smallest absolute Gasteiger partial charge is 0.255 e. The van der Waals surface area contributed by atoms with Crippen molar-refractivity contribution < 1.29 is 34.8 Å². The fraction of sp³-hybridized carbons (Fsp3) is 0.500. The van der Waals surface area contributed by atoms with Crippen LogP contribution in [0.4, 0.5) is 0 Å². The first-order valence-corrected chi connectivity index (χ1v) is 12.2. The normalized spacial score (nSPS) is 29.8. The molecule has 0 saturated heterocycles. The van der Waals surface area contributed by atoms with Crippen molar-refractivity contribution >= 4 is 23.2 Å². The number of phenolic OH excluding ortho intramolecular Hbond substituents is 1. The number of nitrogens with zero attached hydrogens (tertiary/aromatic N) is 1. The number of nitrogens with one attached hydrogen (secondary N) is 1. The lowest BCUT2D eigenvalue weighted by Crippen LogP contribution is -2.65. The van der Waals surface area contributed by atoms with Gasteiger partial charge in [0.15, 0.2) is 11.4 Å². The number of hydrogen-bond acceptors (Lipinski definition) is 9. The van der Waals surface area contributed by atoms with Crippen LogP contribution in [-0.2, 0) is 27.3 Å². The summed E-state index contributed by atoms with van der Waals surface area (Å²) in [7, 11) is 3.15. The molecule has 0 heterocycles. The molecule has 192 valence electrons. The summed E-state index contributed by atoms with van der Waals surface area (Å²) in [6.45, 7) is 1.45. The summed E-state index contributed by atoms with van der Waals surface area (Å²) in [5.41, 5.74) is 3.36. The maximum absolute atomic E-state index is 13.7. The zero-order valence-corrected chi connectivity index (χ0v) is 20.2. The Kier molecular flexibility index (Phi) is 5.73. The number of aliphatic hydroxyl groups excluding tert-OH is 2. The van der Waals surface area contributed by atoms with Gasteiger partial charge in [0.05, 0.1) is 11.6 Å². The molecule has 36 heavy (non-hydrogen) atoms. The number of fused-ring (bicyclic) bond motifs is 3. The molecular weight excluding hydrogens is 466 g/mol. The van der Waals surface area contributed by atoms with E-state index in [-0.39, 0.29) is 23.3 Å². The van der Waals surface area contributed by atoms with Crippen LogP contribution in [0.1, 0.15) is 36.0 Å². The number of phenols is 1. The van der Waals surface area contributed by atoms with Crippen molar-refractivity contribution in [3.05, 3.63) is 45.7 Å². The highest BCUT2D eigenvalue weighted by molar-refractivity contribution is 6.24. The second kappa shape index (κ2) is 8.43. The van der Waals surface area contributed by atoms with E-state index in [0.717, 1.165) is 12.1 Å². The van der Waals surface area contributed by atoms with Crippen LogP contribution >= 0.6 is 0 Å². The Balaban J connectivity index is 1.59. The summed E-state index contributed by atoms with van der Waals surface area (Å²) < 4.78 is 0. The number of likely N-dealkylation sites (N-methyl/N-ethyl adjacent to an activating group) is 1. The molecule has 0 bridgehead atoms. The molecule has 2 fully saturated rings. The van der Waals surface area contributed by atoms with Gasteiger partial charge in [0, 0.05) is 18.0 Å². The summed E-state index contributed by atoms with van der Waals surface area (Å²) >= 11 is 0. The Morgan fingerprint density at radius 2 is 1.89 bits per heavy atom. The summed E-state index contributed by atoms with van der Waals surface area (Å²) in [4.78, 5) is 40.3. The third kappa shape index (κ3) is 3.55. The van der Waals surface area contributed by atoms with Gasteiger partial charge in [-0.15, -0.1) is 0 Å². The first-order chi connectivity index (χ1) is 17.0. The van der Waals surface area contributed by atoms with Crippen molar-refractivity contribution in [2.75, 3.05) is 20.6 Å². The van der Waals surface area contributed by atoms with E-state index in [1.807, 2.05) is 6.07 Å². The van der Waals surface area contributed by atoms with Crippen LogP contribution in [0.2, 0.25) is 0 Å². The SMILES string of the molecule is CN(C)[C@@H]1C(=O)C(C(N)=O)=C(O)[C@@]2(O)C(=O)C3=C(O)c4c(O)cc(CNCC5CC5)cc4C[C@H]3C[C@@H]12. The zero-order valence-electron chi connectivity index (χ0n) is 20.2. The molecule has 0 unspecified atom stereocenters. The number of amides is 1. The van der Waals surface area contributed by atoms with Crippen molar-refractivity contribution in [3.63, 3.8) is 0 Å². The number of benzene rings is 1. The van der Waals surface area contributed by atoms with Crippen LogP contribution in [0.3, 0.4) is 0 Å². The van der Waals surface area contributed by atoms with E-state index in [1.54, 1.807) is 14.1 Å². The van der Waals surface area contributed by atoms with Crippen molar-refractivity contribution in [3.8, 4) is 5.75 Å². The van der Waals surface area contributed by atoms with Crippen molar-refractivity contribution in [2.24, 2.45) is 23.5 Å². The van der Waals surface area contributed by atoms with Gasteiger partial charge in [0.25, 0.3) is 5.91 Å². The predicted molar refractivity (Wildman–Crippen MR) is 129 cm³/mol. The van der Waals surface area contributed by atoms with E-state index in [2.05, 4.69) is 5.32 Å². The van der Waals surface area contributed by atoms with Gasteiger partial charge in [-0.3, -0.25) is 19.3 Å². The molecule has 4 atom stereocenters. The molecule has 4 aliphatic rings. The number of rotatable bonds is 6. The number of aromatic hydroxyl groups is 1. The number of nitrogens with two attached hydrogens (primary N) is 1. The third-order valence-corrected chi connectivity index (χ3v) is 8.05. The van der Waals surface area contributed by atoms with Gasteiger partial charge in [0.1, 0.15) is 22.8 Å². The number of aliphatic hydroxyl groups is 3. The van der Waals surface area contributed by atoms with Crippen molar-refractivity contribution in [2.45, 2.75) is 43.9 Å². The molecule has 0 radical (unpaired) electrons. The molecule has 2 saturated carbocycles. The van der Waals surface area contributed by atoms with E-state index >= 15 is 0 Å². The second-order valence-electron chi connectivity index (χ2n) is 10.7. The Labute approximate surface area is 208 Å². The maximum atomic E-state index is 13.7. The minimum atomic E-state index is -2.62. The monoisotopic (exact) mass is 497 g/mol. The topological polar surface area (TPSA) is 173 Å². The molecule has 1 aromatic carbocycles. The highest BCUT2D eigenvalue weighted by Crippen LogP contribution is 2.52. The summed E-state index contributed by atoms with van der Waals surface area (Å²) in [5.74, 6) is -5.71. The number of ketones is 2. The Bertz CT molecular complexity index is 1250. The van der Waals surface area contributed by atoms with E-state index in [0.29, 0.717) is 24.4 Å². The largest absolute Gasteiger partial charge is 0.508 e. The predicted octanol–water partition coefficient (Wildman–Crippen LogP) is 0.464. The van der Waals surface area contributed by atoms with Crippen LogP contribution in [0.15, 0.2) is 29.0 Å². The molecule has 1 amide bonds. The van der Waals surface area contributed by atoms with E-state index in [1.165, 1.54) is 23.8 Å². The number of primary amides is 1. The van der Waals surface area contributed by atoms with E-state index in [4.69, 9.17) is 5.73 Å². The van der Waals surface area contributed by atoms with Gasteiger partial charge in [-0.2, -0.15) is 0 Å². The average Bonchev–Trinajstić information content (AvgIpc) is 3.60. The van der Waals surface area contributed by atoms with Crippen LogP contribution in [-0.4, -0.2) is 75.1 Å². The minimum absolute atomic E-state index is 0.0800. The highest BCUT2D eigenvalue weighted by atomic mass is 16.3. The lowest BCUT2D eigenvalue weighted by atomic mass is 9.57. The first kappa shape index (κ1) is 24.5. The molecule has 0 aromatic heterocycles. The molecule has 0 aliphatic heterocycles. The zero-order chi connectivity index (χ0) is 26.1. The second-order valence-corrected chi connectivity index (χ2v) is 10.7. The van der Waals surface area contributed by atoms with Gasteiger partial charge in [-0.25, -0.2) is 0 Å². The lowest BCUT2D eigenvalue weighted by Gasteiger charge is -2.50. The average molecular weight is 498 g/mol. The van der Waals surface area contributed by atoms with Crippen LogP contribution < -0.4 is 11.1 Å². The van der Waals surface area contributed by atoms with E-state index < -0.39 is 58.0 Å². The van der Waals surface area contributed by atoms with Crippen LogP contribution in [0.5, 0.6) is 5.75 Å². The summed E-state index contributed by atoms with van der Waals surface area (Å²) in [6, 6.07) is 2.32. The third-order valence-electron chi connectivity index (χ3n) is 8.05. The first-order valence-electron chi connectivity index (χ1n) is 12.2. The standard InChI is InChI=1S/C26H31N3O7/c1-29(2)20-15-8-14-7-13-5-12(10-28-9-11-3-4-11)6-16(30)17(13)21(31)18(14)23(33)26(15,36)24(34)19(22(20)32)25(27)35/h5-6,11,14-15,20,28,30-31,34,36H,3-4,7-10H2,1-2H3,(H2,27,35)/t14-,15-,20-,26-/m0/s1. The van der Waals surface area contributed by atoms with Gasteiger partial charge >= 0.3 is 0 Å². The molecule has 5 rings (SSSR count). The fourth-order valence-electron chi connectivity index (χ4n) is 6.18. The van der Waals surface area contributed by atoms with Crippen LogP contribution in [0.25, 0.3) is 5.76 Å². The summed E-state index contributed by atoms with van der Waals surface area (Å²) in [5, 5.41) is 47.7. The fourth-order valence-corrected chi connectivity index (χ4v) is 6.18. The highest BCUT2D eigenvalue weighted by Gasteiger charge is 2.64. The number of carbonyl (C=O) groups is 3. The quantitative estimate of drug-likeness (QED) is 0.305. The molecule has 1 aromatic rings. The molecule has 10 nitrogen and oxygen atoms in total. The van der Waals surface area contributed by atoms with Crippen LogP contribution in [0, 0.1) is 17.8 Å². The molecule has 7 N–H and O–H groups in total. The minimum Gasteiger partial charge on any atom is -0.508 e.